The van der Waals surface area contributed by atoms with E-state index in [2.05, 4.69) is 60.6 Å². The molecule has 12 aromatic rings. The highest BCUT2D eigenvalue weighted by atomic mass is 16.5. The molecule has 8 N–H and O–H groups in total. The summed E-state index contributed by atoms with van der Waals surface area (Å²) in [5, 5.41) is 86.7. The van der Waals surface area contributed by atoms with E-state index in [1.54, 1.807) is 87.5 Å². The van der Waals surface area contributed by atoms with Crippen molar-refractivity contribution in [2.45, 2.75) is 238 Å². The lowest BCUT2D eigenvalue weighted by Crippen LogP contribution is -2.22. The lowest BCUT2D eigenvalue weighted by atomic mass is 10.0. The lowest BCUT2D eigenvalue weighted by Gasteiger charge is -2.16. The van der Waals surface area contributed by atoms with Gasteiger partial charge in [0, 0.05) is 58.7 Å². The second-order valence-corrected chi connectivity index (χ2v) is 34.3. The Balaban J connectivity index is 0.000000210. The Bertz CT molecular complexity index is 5370. The molecule has 3 atom stereocenters. The minimum Gasteiger partial charge on any atom is -0.507 e. The van der Waals surface area contributed by atoms with E-state index in [4.69, 9.17) is 78.0 Å². The highest BCUT2D eigenvalue weighted by molar-refractivity contribution is 5.79. The van der Waals surface area contributed by atoms with Gasteiger partial charge < -0.3 is 74.0 Å². The number of hydrogen-bond acceptors (Lipinski definition) is 24. The van der Waals surface area contributed by atoms with Crippen molar-refractivity contribution in [2.24, 2.45) is 11.8 Å². The van der Waals surface area contributed by atoms with Crippen LogP contribution in [-0.4, -0.2) is 145 Å². The van der Waals surface area contributed by atoms with Crippen molar-refractivity contribution in [1.82, 2.24) is 44.9 Å². The molecule has 3 aromatic heterocycles. The SMILES string of the molecule is CCCCC(CC)COc1ccc(-c2nc(-c3ccc(CO)cc3)nc(-c3ccc(OCC(CC)CCCC)cc3O)n2)c(O)c1.CCCCCCOc1ccc(-c2nc(-c3ccc(OCCCCCC)c(C)c3O)nc(-c3ccc(OCCCCCC)c(C)c3O)n2)c(O)c1C.COCC(O)COc1ccc(-c2nc(-c3ccc(C)cc3C)nc(-c3ccc(C)cc3C)n2)c(O)c1. The number of hydrogen-bond donors (Lipinski definition) is 8. The number of aryl methyl sites for hydroxylation is 4. The fourth-order valence-electron chi connectivity index (χ4n) is 15.3. The monoisotopic (exact) mass is 1810 g/mol. The number of phenols is 6. The normalized spacial score (nSPS) is 11.9. The summed E-state index contributed by atoms with van der Waals surface area (Å²) in [5.41, 5.74) is 11.8. The van der Waals surface area contributed by atoms with Crippen LogP contribution in [0.4, 0.5) is 0 Å². The predicted molar refractivity (Wildman–Crippen MR) is 527 cm³/mol. The van der Waals surface area contributed by atoms with E-state index in [1.165, 1.54) is 26.0 Å². The van der Waals surface area contributed by atoms with Crippen molar-refractivity contribution in [1.29, 1.82) is 0 Å². The molecule has 0 radical (unpaired) electrons. The predicted octanol–water partition coefficient (Wildman–Crippen LogP) is 25.0. The van der Waals surface area contributed by atoms with Crippen molar-refractivity contribution in [3.05, 3.63) is 196 Å². The van der Waals surface area contributed by atoms with Crippen LogP contribution in [0.2, 0.25) is 0 Å². The topological polar surface area (TPSA) is 342 Å². The third-order valence-corrected chi connectivity index (χ3v) is 23.7. The number of benzene rings is 9. The summed E-state index contributed by atoms with van der Waals surface area (Å²) in [7, 11) is 1.51. The first kappa shape index (κ1) is 103. The maximum Gasteiger partial charge on any atom is 0.167 e. The quantitative estimate of drug-likeness (QED) is 0.0164. The molecule has 3 heterocycles. The van der Waals surface area contributed by atoms with Crippen LogP contribution in [-0.2, 0) is 11.3 Å². The van der Waals surface area contributed by atoms with E-state index >= 15 is 0 Å². The van der Waals surface area contributed by atoms with Crippen LogP contribution in [0.3, 0.4) is 0 Å². The van der Waals surface area contributed by atoms with Crippen molar-refractivity contribution < 1.29 is 74.0 Å². The zero-order valence-electron chi connectivity index (χ0n) is 80.4. The molecule has 0 saturated heterocycles. The van der Waals surface area contributed by atoms with Crippen LogP contribution in [0.5, 0.6) is 69.0 Å². The molecule has 0 aliphatic rings. The molecule has 0 amide bonds. The summed E-state index contributed by atoms with van der Waals surface area (Å²) in [5.74, 6) is 7.09. The molecule has 708 valence electrons. The molecule has 0 spiro atoms. The van der Waals surface area contributed by atoms with E-state index in [0.29, 0.717) is 158 Å². The highest BCUT2D eigenvalue weighted by Gasteiger charge is 2.26. The van der Waals surface area contributed by atoms with Gasteiger partial charge in [-0.1, -0.05) is 217 Å². The van der Waals surface area contributed by atoms with Crippen LogP contribution >= 0.6 is 0 Å². The number of ether oxygens (including phenoxy) is 7. The van der Waals surface area contributed by atoms with Gasteiger partial charge in [0.2, 0.25) is 0 Å². The zero-order chi connectivity index (χ0) is 95.5. The first-order valence-corrected chi connectivity index (χ1v) is 47.4. The number of methoxy groups -OCH3 is 1. The van der Waals surface area contributed by atoms with Crippen LogP contribution in [0.25, 0.3) is 102 Å². The number of phenolic OH excluding ortho intramolecular Hbond substituents is 6. The zero-order valence-corrected chi connectivity index (χ0v) is 80.4. The van der Waals surface area contributed by atoms with Crippen LogP contribution < -0.4 is 28.4 Å². The molecule has 24 nitrogen and oxygen atoms in total. The van der Waals surface area contributed by atoms with E-state index < -0.39 is 6.10 Å². The summed E-state index contributed by atoms with van der Waals surface area (Å²) in [6, 6.07) is 45.4. The fourth-order valence-corrected chi connectivity index (χ4v) is 15.3. The van der Waals surface area contributed by atoms with Crippen molar-refractivity contribution in [3.8, 4) is 171 Å². The summed E-state index contributed by atoms with van der Waals surface area (Å²) in [4.78, 5) is 42.7. The second-order valence-electron chi connectivity index (χ2n) is 34.3. The number of unbranched alkanes of at least 4 members (excludes halogenated alkanes) is 11. The Kier molecular flexibility index (Phi) is 40.2. The van der Waals surface area contributed by atoms with E-state index in [-0.39, 0.29) is 83.4 Å². The minimum absolute atomic E-state index is 0.0106. The summed E-state index contributed by atoms with van der Waals surface area (Å²) in [6.45, 7) is 31.8. The number of aromatic nitrogens is 9. The van der Waals surface area contributed by atoms with E-state index in [0.717, 1.165) is 155 Å². The molecule has 12 rings (SSSR count). The summed E-state index contributed by atoms with van der Waals surface area (Å²) >= 11 is 0. The molecular weight excluding hydrogens is 1680 g/mol. The average Bonchev–Trinajstić information content (AvgIpc) is 0.791. The number of aliphatic hydroxyl groups excluding tert-OH is 2. The molecule has 9 aromatic carbocycles. The Hall–Kier alpha value is -12.5. The van der Waals surface area contributed by atoms with Gasteiger partial charge in [0.15, 0.2) is 52.4 Å². The Labute approximate surface area is 785 Å². The number of aromatic hydroxyl groups is 6. The third kappa shape index (κ3) is 29.0. The highest BCUT2D eigenvalue weighted by Crippen LogP contribution is 2.45. The van der Waals surface area contributed by atoms with Gasteiger partial charge in [-0.25, -0.2) is 44.9 Å². The molecule has 0 aliphatic carbocycles. The average molecular weight is 1810 g/mol. The Morgan fingerprint density at radius 2 is 0.594 bits per heavy atom. The molecule has 24 heteroatoms. The van der Waals surface area contributed by atoms with Crippen LogP contribution in [0.1, 0.15) is 221 Å². The second kappa shape index (κ2) is 52.1. The maximum atomic E-state index is 11.4. The molecule has 3 unspecified atom stereocenters. The molecule has 0 saturated carbocycles. The first-order chi connectivity index (χ1) is 64.3. The third-order valence-electron chi connectivity index (χ3n) is 23.7. The molecule has 0 fully saturated rings. The van der Waals surface area contributed by atoms with Crippen molar-refractivity contribution in [2.75, 3.05) is 53.4 Å². The minimum atomic E-state index is -0.763. The standard InChI is InChI=1S/C42H57N3O6.C38H49N3O5.C29H31N3O4/c1-7-10-13-16-25-49-34-22-19-31(37(46)28(34)4)40-43-41(32-20-23-35(29(5)38(32)47)50-26-17-14-11-8-2)45-42(44-40)33-21-24-36(30(6)39(33)48)51-27-18-15-12-9-3;1-5-9-11-26(7-3)24-45-30-17-19-32(34(43)21-30)37-39-36(29-15-13-28(23-42)14-16-29)40-38(41-37)33-20-18-31(22-35(33)44)46-25-27(8-4)12-10-6-2;1-17-6-9-23(19(3)12-17)27-30-28(24-10-7-18(2)13-20(24)4)32-29(31-27)25-11-8-22(14-26(25)34)36-16-21(33)15-35-5/h19-24,46-48H,7-18,25-27H2,1-6H3;13-22,26-27,42-44H,5-12,23-25H2,1-4H3;6-14,21,33-34H,15-16H2,1-5H3. The van der Waals surface area contributed by atoms with E-state index in [1.807, 2.05) is 94.4 Å². The van der Waals surface area contributed by atoms with Gasteiger partial charge in [-0.2, -0.15) is 0 Å². The van der Waals surface area contributed by atoms with Gasteiger partial charge >= 0.3 is 0 Å². The number of aliphatic hydroxyl groups is 2. The van der Waals surface area contributed by atoms with E-state index in [9.17, 15) is 40.9 Å². The largest absolute Gasteiger partial charge is 0.507 e. The first-order valence-electron chi connectivity index (χ1n) is 47.4. The smallest absolute Gasteiger partial charge is 0.167 e. The fraction of sp³-hybridized carbons (Fsp3) is 0.422. The van der Waals surface area contributed by atoms with Gasteiger partial charge in [-0.05, 0) is 182 Å². The Morgan fingerprint density at radius 1 is 0.293 bits per heavy atom. The maximum absolute atomic E-state index is 11.4. The van der Waals surface area contributed by atoms with Crippen LogP contribution in [0.15, 0.2) is 152 Å². The summed E-state index contributed by atoms with van der Waals surface area (Å²) in [6.07, 6.45) is 21.2. The summed E-state index contributed by atoms with van der Waals surface area (Å²) < 4.78 is 40.6. The van der Waals surface area contributed by atoms with Gasteiger partial charge in [0.05, 0.1) is 79.6 Å². The van der Waals surface area contributed by atoms with Crippen molar-refractivity contribution in [3.63, 3.8) is 0 Å². The van der Waals surface area contributed by atoms with Crippen molar-refractivity contribution >= 4 is 0 Å². The molecule has 133 heavy (non-hydrogen) atoms. The van der Waals surface area contributed by atoms with Gasteiger partial charge in [-0.3, -0.25) is 0 Å². The molecular formula is C109H137N9O15. The lowest BCUT2D eigenvalue weighted by molar-refractivity contribution is 0.0325. The van der Waals surface area contributed by atoms with Gasteiger partial charge in [0.25, 0.3) is 0 Å². The number of nitrogens with zero attached hydrogens (tertiary/aromatic N) is 9. The molecule has 0 aliphatic heterocycles. The Morgan fingerprint density at radius 3 is 0.895 bits per heavy atom. The molecule has 0 bridgehead atoms. The number of rotatable bonds is 47. The van der Waals surface area contributed by atoms with Gasteiger partial charge in [0.1, 0.15) is 81.7 Å². The van der Waals surface area contributed by atoms with Crippen LogP contribution in [0, 0.1) is 60.3 Å². The van der Waals surface area contributed by atoms with Gasteiger partial charge in [-0.15, -0.1) is 0 Å².